The van der Waals surface area contributed by atoms with E-state index in [-0.39, 0.29) is 5.82 Å². The Labute approximate surface area is 124 Å². The van der Waals surface area contributed by atoms with Crippen LogP contribution in [0.15, 0.2) is 18.2 Å². The topological polar surface area (TPSA) is 38.5 Å². The van der Waals surface area contributed by atoms with Gasteiger partial charge in [0.25, 0.3) is 0 Å². The van der Waals surface area contributed by atoms with E-state index >= 15 is 0 Å². The van der Waals surface area contributed by atoms with Gasteiger partial charge >= 0.3 is 0 Å². The van der Waals surface area contributed by atoms with Crippen LogP contribution in [-0.4, -0.2) is 19.3 Å². The lowest BCUT2D eigenvalue weighted by Gasteiger charge is -2.08. The highest BCUT2D eigenvalue weighted by molar-refractivity contribution is 7.71. The minimum absolute atomic E-state index is 0.309. The molecule has 0 atom stereocenters. The zero-order chi connectivity index (χ0) is 14.4. The van der Waals surface area contributed by atoms with Crippen molar-refractivity contribution in [2.24, 2.45) is 0 Å². The van der Waals surface area contributed by atoms with Crippen LogP contribution in [0.25, 0.3) is 16.9 Å². The van der Waals surface area contributed by atoms with Crippen molar-refractivity contribution in [1.29, 1.82) is 0 Å². The van der Waals surface area contributed by atoms with Gasteiger partial charge in [0, 0.05) is 6.54 Å². The first-order chi connectivity index (χ1) is 9.52. The van der Waals surface area contributed by atoms with E-state index in [2.05, 4.69) is 10.1 Å². The highest BCUT2D eigenvalue weighted by Crippen LogP contribution is 2.27. The number of aryl methyl sites for hydroxylation is 2. The Hall–Kier alpha value is -1.66. The van der Waals surface area contributed by atoms with Crippen LogP contribution in [0.2, 0.25) is 5.02 Å². The monoisotopic (exact) mass is 310 g/mol. The van der Waals surface area contributed by atoms with E-state index in [9.17, 15) is 4.39 Å². The summed E-state index contributed by atoms with van der Waals surface area (Å²) in [5.74, 6) is -0.378. The summed E-state index contributed by atoms with van der Waals surface area (Å²) >= 11 is 11.5. The number of imidazole rings is 1. The van der Waals surface area contributed by atoms with Crippen molar-refractivity contribution in [3.05, 3.63) is 39.5 Å². The van der Waals surface area contributed by atoms with Crippen molar-refractivity contribution in [2.75, 3.05) is 0 Å². The maximum absolute atomic E-state index is 13.2. The molecule has 0 fully saturated rings. The highest BCUT2D eigenvalue weighted by atomic mass is 35.5. The number of nitrogens with zero attached hydrogens (tertiary/aromatic N) is 3. The molecule has 0 aliphatic heterocycles. The number of aromatic amines is 1. The number of fused-ring (bicyclic) bond motifs is 1. The van der Waals surface area contributed by atoms with Gasteiger partial charge in [0.2, 0.25) is 0 Å². The molecule has 20 heavy (non-hydrogen) atoms. The lowest BCUT2D eigenvalue weighted by atomic mass is 10.3. The lowest BCUT2D eigenvalue weighted by Crippen LogP contribution is -2.04. The quantitative estimate of drug-likeness (QED) is 0.726. The maximum atomic E-state index is 13.2. The van der Waals surface area contributed by atoms with Crippen LogP contribution in [0.4, 0.5) is 4.39 Å². The lowest BCUT2D eigenvalue weighted by molar-refractivity contribution is 0.627. The molecular weight excluding hydrogens is 299 g/mol. The smallest absolute Gasteiger partial charge is 0.184 e. The van der Waals surface area contributed by atoms with Gasteiger partial charge in [0.05, 0.1) is 16.4 Å². The van der Waals surface area contributed by atoms with Gasteiger partial charge in [-0.2, -0.15) is 5.10 Å². The fourth-order valence-corrected chi connectivity index (χ4v) is 2.85. The third kappa shape index (κ3) is 1.87. The molecule has 7 heteroatoms. The molecule has 2 aromatic heterocycles. The summed E-state index contributed by atoms with van der Waals surface area (Å²) in [6.07, 6.45) is 0. The van der Waals surface area contributed by atoms with E-state index in [0.29, 0.717) is 22.0 Å². The van der Waals surface area contributed by atoms with E-state index in [0.717, 1.165) is 16.9 Å². The van der Waals surface area contributed by atoms with Gasteiger partial charge in [-0.25, -0.2) is 9.07 Å². The maximum Gasteiger partial charge on any atom is 0.184 e. The molecule has 0 saturated carbocycles. The SMILES string of the molecule is CCn1nc(C)c2[nH]c(=S)n(-c3ccc(F)cc3Cl)c21. The van der Waals surface area contributed by atoms with Crippen molar-refractivity contribution in [2.45, 2.75) is 20.4 Å². The zero-order valence-electron chi connectivity index (χ0n) is 10.9. The Morgan fingerprint density at radius 3 is 2.85 bits per heavy atom. The molecule has 0 unspecified atom stereocenters. The van der Waals surface area contributed by atoms with Crippen molar-refractivity contribution in [3.63, 3.8) is 0 Å². The van der Waals surface area contributed by atoms with Gasteiger partial charge in [-0.05, 0) is 44.3 Å². The molecule has 104 valence electrons. The largest absolute Gasteiger partial charge is 0.327 e. The van der Waals surface area contributed by atoms with Gasteiger partial charge in [-0.15, -0.1) is 0 Å². The number of H-pyrrole nitrogens is 1. The van der Waals surface area contributed by atoms with Crippen LogP contribution in [-0.2, 0) is 6.54 Å². The minimum Gasteiger partial charge on any atom is -0.327 e. The fraction of sp³-hybridized carbons (Fsp3) is 0.231. The first-order valence-electron chi connectivity index (χ1n) is 6.16. The predicted octanol–water partition coefficient (Wildman–Crippen LogP) is 4.01. The van der Waals surface area contributed by atoms with E-state index in [1.165, 1.54) is 12.1 Å². The van der Waals surface area contributed by atoms with Gasteiger partial charge in [0.15, 0.2) is 10.4 Å². The molecule has 0 saturated heterocycles. The Kier molecular flexibility index (Phi) is 3.14. The molecule has 3 aromatic rings. The van der Waals surface area contributed by atoms with Crippen molar-refractivity contribution in [1.82, 2.24) is 19.3 Å². The molecule has 4 nitrogen and oxygen atoms in total. The molecular formula is C13H12ClFN4S. The van der Waals surface area contributed by atoms with Crippen LogP contribution in [0.1, 0.15) is 12.6 Å². The molecule has 0 radical (unpaired) electrons. The van der Waals surface area contributed by atoms with Gasteiger partial charge < -0.3 is 4.98 Å². The zero-order valence-corrected chi connectivity index (χ0v) is 12.5. The third-order valence-electron chi connectivity index (χ3n) is 3.20. The molecule has 0 bridgehead atoms. The second-order valence-electron chi connectivity index (χ2n) is 4.46. The van der Waals surface area contributed by atoms with Crippen LogP contribution >= 0.6 is 23.8 Å². The molecule has 0 aliphatic rings. The van der Waals surface area contributed by atoms with Crippen molar-refractivity contribution < 1.29 is 4.39 Å². The number of nitrogens with one attached hydrogen (secondary N) is 1. The average molecular weight is 311 g/mol. The molecule has 0 amide bonds. The second kappa shape index (κ2) is 4.71. The highest BCUT2D eigenvalue weighted by Gasteiger charge is 2.16. The number of hydrogen-bond acceptors (Lipinski definition) is 2. The second-order valence-corrected chi connectivity index (χ2v) is 5.25. The number of halogens is 2. The number of benzene rings is 1. The summed E-state index contributed by atoms with van der Waals surface area (Å²) in [6.45, 7) is 4.62. The van der Waals surface area contributed by atoms with E-state index in [1.807, 2.05) is 18.5 Å². The van der Waals surface area contributed by atoms with Crippen LogP contribution in [0, 0.1) is 17.5 Å². The van der Waals surface area contributed by atoms with Crippen molar-refractivity contribution >= 4 is 35.0 Å². The summed E-state index contributed by atoms with van der Waals surface area (Å²) in [5, 5.41) is 4.75. The Morgan fingerprint density at radius 1 is 1.45 bits per heavy atom. The van der Waals surface area contributed by atoms with Crippen LogP contribution in [0.5, 0.6) is 0 Å². The summed E-state index contributed by atoms with van der Waals surface area (Å²) < 4.78 is 17.3. The van der Waals surface area contributed by atoms with Crippen LogP contribution in [0.3, 0.4) is 0 Å². The predicted molar refractivity (Wildman–Crippen MR) is 79.6 cm³/mol. The van der Waals surface area contributed by atoms with Gasteiger partial charge in [-0.3, -0.25) is 4.57 Å². The standard InChI is InChI=1S/C13H12ClFN4S/c1-3-18-12-11(7(2)17-18)16-13(20)19(12)10-5-4-8(15)6-9(10)14/h4-6H,3H2,1-2H3,(H,16,20). The minimum atomic E-state index is -0.378. The fourth-order valence-electron chi connectivity index (χ4n) is 2.31. The number of aromatic nitrogens is 4. The van der Waals surface area contributed by atoms with Crippen molar-refractivity contribution in [3.8, 4) is 5.69 Å². The number of hydrogen-bond donors (Lipinski definition) is 1. The first-order valence-corrected chi connectivity index (χ1v) is 6.95. The molecule has 0 aliphatic carbocycles. The average Bonchev–Trinajstić information content (AvgIpc) is 2.88. The summed E-state index contributed by atoms with van der Waals surface area (Å²) in [5.41, 5.74) is 3.21. The Balaban J connectivity index is 2.41. The molecule has 2 heterocycles. The molecule has 1 aromatic carbocycles. The molecule has 1 N–H and O–H groups in total. The normalized spacial score (nSPS) is 11.4. The summed E-state index contributed by atoms with van der Waals surface area (Å²) in [7, 11) is 0. The van der Waals surface area contributed by atoms with E-state index < -0.39 is 0 Å². The first kappa shape index (κ1) is 13.3. The number of rotatable bonds is 2. The summed E-state index contributed by atoms with van der Waals surface area (Å²) in [4.78, 5) is 3.13. The van der Waals surface area contributed by atoms with Gasteiger partial charge in [0.1, 0.15) is 11.3 Å². The third-order valence-corrected chi connectivity index (χ3v) is 3.78. The summed E-state index contributed by atoms with van der Waals surface area (Å²) in [6, 6.07) is 4.25. The molecule has 3 rings (SSSR count). The van der Waals surface area contributed by atoms with E-state index in [1.54, 1.807) is 10.6 Å². The van der Waals surface area contributed by atoms with Crippen LogP contribution < -0.4 is 0 Å². The Morgan fingerprint density at radius 2 is 2.20 bits per heavy atom. The Bertz CT molecular complexity index is 861. The van der Waals surface area contributed by atoms with E-state index in [4.69, 9.17) is 23.8 Å². The van der Waals surface area contributed by atoms with Gasteiger partial charge in [-0.1, -0.05) is 11.6 Å². The molecule has 0 spiro atoms.